The lowest BCUT2D eigenvalue weighted by molar-refractivity contribution is 0.991. The van der Waals surface area contributed by atoms with Crippen LogP contribution in [0.25, 0.3) is 0 Å². The molecular weight excluding hydrogens is 76.9 g/mol. The lowest BCUT2D eigenvalue weighted by Gasteiger charge is -1.74. The van der Waals surface area contributed by atoms with Crippen LogP contribution >= 0.6 is 0 Å². The molecule has 3 nitrogen and oxygen atoms in total. The molecule has 1 aromatic heterocycles. The van der Waals surface area contributed by atoms with Gasteiger partial charge in [0.05, 0.1) is 6.33 Å². The Morgan fingerprint density at radius 3 is 2.67 bits per heavy atom. The monoisotopic (exact) mass is 80.0 g/mol. The standard InChI is InChI=1S/C2H3BN3/c3-6-2-4-1-5-6/h1-3H. The molecule has 0 amide bonds. The van der Waals surface area contributed by atoms with Crippen molar-refractivity contribution in [2.24, 2.45) is 0 Å². The summed E-state index contributed by atoms with van der Waals surface area (Å²) >= 11 is 0. The average molecular weight is 79.9 g/mol. The van der Waals surface area contributed by atoms with Gasteiger partial charge in [0.25, 0.3) is 7.98 Å². The van der Waals surface area contributed by atoms with Crippen LogP contribution in [0.2, 0.25) is 0 Å². The molecule has 0 bridgehead atoms. The maximum absolute atomic E-state index is 3.61. The van der Waals surface area contributed by atoms with Crippen LogP contribution in [-0.4, -0.2) is 22.7 Å². The summed E-state index contributed by atoms with van der Waals surface area (Å²) in [6.45, 7) is 0. The lowest BCUT2D eigenvalue weighted by atomic mass is 10.5. The fourth-order valence-electron chi connectivity index (χ4n) is 0.233. The first-order valence-electron chi connectivity index (χ1n) is 1.55. The first kappa shape index (κ1) is 3.40. The van der Waals surface area contributed by atoms with E-state index in [1.54, 1.807) is 0 Å². The van der Waals surface area contributed by atoms with Crippen molar-refractivity contribution in [3.05, 3.63) is 12.7 Å². The molecule has 0 N–H and O–H groups in total. The molecule has 1 heterocycles. The van der Waals surface area contributed by atoms with Gasteiger partial charge in [0.1, 0.15) is 6.33 Å². The van der Waals surface area contributed by atoms with E-state index < -0.39 is 0 Å². The van der Waals surface area contributed by atoms with Gasteiger partial charge in [0, 0.05) is 0 Å². The zero-order valence-corrected chi connectivity index (χ0v) is 3.20. The van der Waals surface area contributed by atoms with Gasteiger partial charge in [-0.15, -0.1) is 0 Å². The van der Waals surface area contributed by atoms with E-state index in [4.69, 9.17) is 0 Å². The number of aromatic nitrogens is 3. The molecular formula is C2H3BN3. The summed E-state index contributed by atoms with van der Waals surface area (Å²) in [5, 5.41) is 3.61. The van der Waals surface area contributed by atoms with Crippen molar-refractivity contribution >= 4 is 7.98 Å². The van der Waals surface area contributed by atoms with Gasteiger partial charge in [-0.2, -0.15) is 5.10 Å². The van der Waals surface area contributed by atoms with Crippen molar-refractivity contribution in [1.29, 1.82) is 0 Å². The van der Waals surface area contributed by atoms with E-state index in [1.807, 2.05) is 0 Å². The van der Waals surface area contributed by atoms with Gasteiger partial charge in [0.2, 0.25) is 0 Å². The second kappa shape index (κ2) is 1.12. The Morgan fingerprint density at radius 1 is 1.67 bits per heavy atom. The van der Waals surface area contributed by atoms with Crippen LogP contribution in [0.15, 0.2) is 12.7 Å². The highest BCUT2D eigenvalue weighted by atomic mass is 15.3. The molecule has 0 unspecified atom stereocenters. The number of hydrogen-bond acceptors (Lipinski definition) is 2. The Labute approximate surface area is 36.4 Å². The van der Waals surface area contributed by atoms with Crippen LogP contribution in [0.1, 0.15) is 0 Å². The van der Waals surface area contributed by atoms with Gasteiger partial charge in [-0.3, -0.25) is 0 Å². The van der Waals surface area contributed by atoms with Crippen LogP contribution in [0.3, 0.4) is 0 Å². The molecule has 0 aliphatic rings. The highest BCUT2D eigenvalue weighted by Gasteiger charge is 1.71. The Morgan fingerprint density at radius 2 is 2.50 bits per heavy atom. The Kier molecular flexibility index (Phi) is 0.635. The number of nitrogens with zero attached hydrogens (tertiary/aromatic N) is 3. The van der Waals surface area contributed by atoms with Crippen LogP contribution in [-0.2, 0) is 0 Å². The van der Waals surface area contributed by atoms with Crippen molar-refractivity contribution < 1.29 is 0 Å². The van der Waals surface area contributed by atoms with Gasteiger partial charge in [-0.05, 0) is 0 Å². The first-order valence-corrected chi connectivity index (χ1v) is 1.55. The summed E-state index contributed by atoms with van der Waals surface area (Å²) in [6.07, 6.45) is 2.97. The number of hydrogen-bond donors (Lipinski definition) is 0. The van der Waals surface area contributed by atoms with E-state index in [2.05, 4.69) is 18.1 Å². The van der Waals surface area contributed by atoms with Crippen molar-refractivity contribution in [3.8, 4) is 0 Å². The van der Waals surface area contributed by atoms with Gasteiger partial charge in [-0.25, -0.2) is 4.98 Å². The van der Waals surface area contributed by atoms with Crippen LogP contribution < -0.4 is 0 Å². The largest absolute Gasteiger partial charge is 0.311 e. The van der Waals surface area contributed by atoms with Gasteiger partial charge in [-0.1, -0.05) is 0 Å². The topological polar surface area (TPSA) is 30.7 Å². The smallest absolute Gasteiger partial charge is 0.260 e. The molecule has 0 atom stereocenters. The maximum atomic E-state index is 3.61. The summed E-state index contributed by atoms with van der Waals surface area (Å²) in [5.74, 6) is 0. The minimum atomic E-state index is 1.39. The fraction of sp³-hybridized carbons (Fsp3) is 0. The third-order valence-electron chi connectivity index (χ3n) is 0.467. The van der Waals surface area contributed by atoms with E-state index in [0.717, 1.165) is 0 Å². The molecule has 4 heteroatoms. The molecule has 1 rings (SSSR count). The zero-order valence-electron chi connectivity index (χ0n) is 3.20. The maximum Gasteiger partial charge on any atom is 0.260 e. The molecule has 0 saturated heterocycles. The summed E-state index contributed by atoms with van der Waals surface area (Å²) in [7, 11) is 3.42. The lowest BCUT2D eigenvalue weighted by Crippen LogP contribution is -1.88. The molecule has 0 aromatic carbocycles. The molecule has 0 aliphatic carbocycles. The van der Waals surface area contributed by atoms with Gasteiger partial charge in [0.15, 0.2) is 0 Å². The van der Waals surface area contributed by atoms with E-state index in [1.165, 1.54) is 17.2 Å². The minimum Gasteiger partial charge on any atom is -0.311 e. The second-order valence-corrected chi connectivity index (χ2v) is 0.935. The molecule has 29 valence electrons. The summed E-state index contributed by atoms with van der Waals surface area (Å²) in [6, 6.07) is 0. The van der Waals surface area contributed by atoms with Crippen molar-refractivity contribution in [2.75, 3.05) is 0 Å². The summed E-state index contributed by atoms with van der Waals surface area (Å²) in [4.78, 5) is 3.61. The summed E-state index contributed by atoms with van der Waals surface area (Å²) in [5.41, 5.74) is 0. The molecule has 0 fully saturated rings. The Bertz CT molecular complexity index is 112. The highest BCUT2D eigenvalue weighted by Crippen LogP contribution is 1.63. The molecule has 1 aromatic rings. The van der Waals surface area contributed by atoms with Crippen molar-refractivity contribution in [2.45, 2.75) is 0 Å². The molecule has 0 aliphatic heterocycles. The fourth-order valence-corrected chi connectivity index (χ4v) is 0.233. The molecule has 0 spiro atoms. The van der Waals surface area contributed by atoms with Gasteiger partial charge < -0.3 is 4.59 Å². The molecule has 1 radical (unpaired) electrons. The Balaban J connectivity index is 3.05. The van der Waals surface area contributed by atoms with Crippen molar-refractivity contribution in [1.82, 2.24) is 14.7 Å². The van der Waals surface area contributed by atoms with Crippen LogP contribution in [0, 0.1) is 0 Å². The summed E-state index contributed by atoms with van der Waals surface area (Å²) < 4.78 is 1.39. The van der Waals surface area contributed by atoms with E-state index in [-0.39, 0.29) is 0 Å². The van der Waals surface area contributed by atoms with E-state index in [0.29, 0.717) is 0 Å². The van der Waals surface area contributed by atoms with Crippen molar-refractivity contribution in [3.63, 3.8) is 0 Å². The number of rotatable bonds is 0. The van der Waals surface area contributed by atoms with E-state index >= 15 is 0 Å². The average Bonchev–Trinajstić information content (AvgIpc) is 1.86. The first-order chi connectivity index (χ1) is 2.89. The minimum absolute atomic E-state index is 1.39. The predicted molar refractivity (Wildman–Crippen MR) is 22.6 cm³/mol. The van der Waals surface area contributed by atoms with Gasteiger partial charge >= 0.3 is 0 Å². The molecule has 6 heavy (non-hydrogen) atoms. The molecule has 0 saturated carbocycles. The normalized spacial score (nSPS) is 8.67. The predicted octanol–water partition coefficient (Wildman–Crippen LogP) is -1.06. The third-order valence-corrected chi connectivity index (χ3v) is 0.467. The zero-order chi connectivity index (χ0) is 4.41. The quantitative estimate of drug-likeness (QED) is 0.372. The third kappa shape index (κ3) is 0.405. The van der Waals surface area contributed by atoms with Crippen LogP contribution in [0.4, 0.5) is 0 Å². The second-order valence-electron chi connectivity index (χ2n) is 0.935. The SMILES string of the molecule is [BH]n1cncn1. The Hall–Kier alpha value is -0.795. The van der Waals surface area contributed by atoms with E-state index in [9.17, 15) is 0 Å². The highest BCUT2D eigenvalue weighted by molar-refractivity contribution is 6.05. The van der Waals surface area contributed by atoms with Crippen LogP contribution in [0.5, 0.6) is 0 Å².